The molecule has 0 aliphatic rings. The van der Waals surface area contributed by atoms with E-state index in [1.165, 1.54) is 0 Å². The van der Waals surface area contributed by atoms with Crippen molar-refractivity contribution in [1.82, 2.24) is 0 Å². The molecule has 0 N–H and O–H groups in total. The summed E-state index contributed by atoms with van der Waals surface area (Å²) < 4.78 is 0. The van der Waals surface area contributed by atoms with Gasteiger partial charge in [-0.1, -0.05) is 0 Å². The molecule has 4 radical (unpaired) electrons. The van der Waals surface area contributed by atoms with Crippen molar-refractivity contribution in [1.29, 1.82) is 0 Å². The van der Waals surface area contributed by atoms with Crippen molar-refractivity contribution in [3.05, 3.63) is 0 Å². The van der Waals surface area contributed by atoms with Crippen molar-refractivity contribution in [2.24, 2.45) is 0 Å². The van der Waals surface area contributed by atoms with Crippen LogP contribution in [0, 0.1) is 0 Å². The van der Waals surface area contributed by atoms with Crippen molar-refractivity contribution in [3.8, 4) is 0 Å². The normalized spacial score (nSPS) is 0. The summed E-state index contributed by atoms with van der Waals surface area (Å²) in [5.74, 6) is 0. The van der Waals surface area contributed by atoms with Crippen LogP contribution in [0.25, 0.3) is 0 Å². The fourth-order valence-electron chi connectivity index (χ4n) is 0. The maximum absolute atomic E-state index is 0. The fourth-order valence-corrected chi connectivity index (χ4v) is 0. The van der Waals surface area contributed by atoms with E-state index in [2.05, 4.69) is 0 Å². The van der Waals surface area contributed by atoms with Gasteiger partial charge in [0.15, 0.2) is 0 Å². The molecule has 0 nitrogen and oxygen atoms in total. The van der Waals surface area contributed by atoms with Crippen LogP contribution in [0.1, 0.15) is 0 Å². The molecular weight excluding hydrogens is 43.8 g/mol. The van der Waals surface area contributed by atoms with Gasteiger partial charge in [-0.3, -0.25) is 0 Å². The summed E-state index contributed by atoms with van der Waals surface area (Å²) >= 11 is 0. The van der Waals surface area contributed by atoms with Crippen LogP contribution in [-0.2, 0) is 0 Å². The van der Waals surface area contributed by atoms with E-state index in [0.29, 0.717) is 0 Å². The smallest absolute Gasteiger partial charge is 0 e. The van der Waals surface area contributed by atoms with Gasteiger partial charge >= 0.3 is 0 Å². The molecule has 0 heterocycles. The van der Waals surface area contributed by atoms with Gasteiger partial charge in [-0.05, 0) is 0 Å². The summed E-state index contributed by atoms with van der Waals surface area (Å²) in [6, 6.07) is 0. The van der Waals surface area contributed by atoms with Crippen LogP contribution in [-0.4, -0.2) is 86.1 Å². The second-order valence-electron chi connectivity index (χ2n) is 0. The monoisotopic (exact) mass is 44.0 g/mol. The average molecular weight is 43.8 g/mol. The molecule has 0 unspecified atom stereocenters. The van der Waals surface area contributed by atoms with Crippen LogP contribution in [0.5, 0.6) is 0 Å². The molecule has 0 aromatic rings. The van der Waals surface area contributed by atoms with Gasteiger partial charge in [-0.25, -0.2) is 0 Å². The average Bonchev–Trinajstić information content (AvgIpc) is 0. The topological polar surface area (TPSA) is 0 Å². The summed E-state index contributed by atoms with van der Waals surface area (Å²) in [7, 11) is 0. The van der Waals surface area contributed by atoms with Crippen molar-refractivity contribution < 1.29 is 0 Å². The van der Waals surface area contributed by atoms with E-state index in [9.17, 15) is 0 Å². The first-order chi connectivity index (χ1) is 0. The summed E-state index contributed by atoms with van der Waals surface area (Å²) in [4.78, 5) is 0. The molecule has 0 aliphatic heterocycles. The van der Waals surface area contributed by atoms with E-state index in [-0.39, 0.29) is 86.1 Å². The van der Waals surface area contributed by atoms with Crippen molar-refractivity contribution in [2.45, 2.75) is 0 Å². The van der Waals surface area contributed by atoms with E-state index < -0.39 is 0 Å². The first-order valence-electron chi connectivity index (χ1n) is 0. The predicted octanol–water partition coefficient (Wildman–Crippen LogP) is -1.52. The van der Waals surface area contributed by atoms with Gasteiger partial charge in [0, 0.05) is 86.1 Å². The SMILES string of the molecule is [Li].[Li].[Li].[Na]. The molecule has 0 fully saturated rings. The van der Waals surface area contributed by atoms with Gasteiger partial charge < -0.3 is 0 Å². The third-order valence-corrected chi connectivity index (χ3v) is 0. The van der Waals surface area contributed by atoms with E-state index in [0.717, 1.165) is 0 Å². The van der Waals surface area contributed by atoms with Crippen LogP contribution in [0.4, 0.5) is 0 Å². The van der Waals surface area contributed by atoms with Crippen molar-refractivity contribution >= 4 is 86.1 Å². The zero-order valence-corrected chi connectivity index (χ0v) is 6.00. The Hall–Kier alpha value is 2.79. The van der Waals surface area contributed by atoms with Gasteiger partial charge in [0.1, 0.15) is 0 Å². The Balaban J connectivity index is 0. The molecule has 0 amide bonds. The first-order valence-corrected chi connectivity index (χ1v) is 0. The Kier molecular flexibility index (Phi) is 125. The molecule has 4 heteroatoms. The van der Waals surface area contributed by atoms with Crippen LogP contribution >= 0.6 is 0 Å². The van der Waals surface area contributed by atoms with Crippen LogP contribution in [0.3, 0.4) is 0 Å². The van der Waals surface area contributed by atoms with E-state index >= 15 is 0 Å². The minimum atomic E-state index is 0. The summed E-state index contributed by atoms with van der Waals surface area (Å²) in [5, 5.41) is 0. The largest absolute Gasteiger partial charge is 0 e. The van der Waals surface area contributed by atoms with Gasteiger partial charge in [0.05, 0.1) is 0 Å². The van der Waals surface area contributed by atoms with E-state index in [1.54, 1.807) is 0 Å². The molecule has 0 bridgehead atoms. The summed E-state index contributed by atoms with van der Waals surface area (Å²) in [6.45, 7) is 0. The van der Waals surface area contributed by atoms with Crippen LogP contribution in [0.2, 0.25) is 0 Å². The molecule has 4 heavy (non-hydrogen) atoms. The van der Waals surface area contributed by atoms with Crippen molar-refractivity contribution in [3.63, 3.8) is 0 Å². The first kappa shape index (κ1) is 29.2. The van der Waals surface area contributed by atoms with Crippen LogP contribution < -0.4 is 0 Å². The van der Waals surface area contributed by atoms with E-state index in [1.807, 2.05) is 0 Å². The number of hydrogen-bond donors (Lipinski definition) is 0. The summed E-state index contributed by atoms with van der Waals surface area (Å²) in [6.07, 6.45) is 0. The standard InChI is InChI=1S/3Li.Na. The maximum atomic E-state index is 0. The van der Waals surface area contributed by atoms with Gasteiger partial charge in [-0.15, -0.1) is 0 Å². The Morgan fingerprint density at radius 2 is 0.500 bits per heavy atom. The quantitative estimate of drug-likeness (QED) is 0.289. The minimum absolute atomic E-state index is 0. The van der Waals surface area contributed by atoms with Gasteiger partial charge in [0.25, 0.3) is 0 Å². The zero-order valence-electron chi connectivity index (χ0n) is 4.00. The Morgan fingerprint density at radius 3 is 0.500 bits per heavy atom. The van der Waals surface area contributed by atoms with E-state index in [4.69, 9.17) is 0 Å². The third-order valence-electron chi connectivity index (χ3n) is 0. The molecule has 0 aliphatic carbocycles. The second-order valence-corrected chi connectivity index (χ2v) is 0. The molecule has 4 valence electrons. The minimum Gasteiger partial charge on any atom is 0 e. The molecule has 0 rings (SSSR count). The van der Waals surface area contributed by atoms with Gasteiger partial charge in [0.2, 0.25) is 0 Å². The molecule has 0 saturated heterocycles. The number of rotatable bonds is 0. The molecular formula is Li3Na. The second kappa shape index (κ2) is 17.1. The number of hydrogen-bond acceptors (Lipinski definition) is 0. The fraction of sp³-hybridized carbons (Fsp3) is 0. The third kappa shape index (κ3) is 8.84. The molecule has 0 spiro atoms. The van der Waals surface area contributed by atoms with Crippen molar-refractivity contribution in [2.75, 3.05) is 0 Å². The Labute approximate surface area is 84.7 Å². The molecule has 0 aromatic heterocycles. The molecule has 0 saturated carbocycles. The predicted molar refractivity (Wildman–Crippen MR) is 23.0 cm³/mol. The van der Waals surface area contributed by atoms with Crippen LogP contribution in [0.15, 0.2) is 0 Å². The molecule has 0 aromatic carbocycles. The van der Waals surface area contributed by atoms with Gasteiger partial charge in [-0.2, -0.15) is 0 Å². The molecule has 0 atom stereocenters. The zero-order chi connectivity index (χ0) is 0. The maximum Gasteiger partial charge on any atom is 0 e. The Bertz CT molecular complexity index is 3.25. The summed E-state index contributed by atoms with van der Waals surface area (Å²) in [5.41, 5.74) is 0. The Morgan fingerprint density at radius 1 is 0.500 bits per heavy atom.